The van der Waals surface area contributed by atoms with Crippen LogP contribution in [0.4, 0.5) is 37.6 Å². The lowest BCUT2D eigenvalue weighted by Gasteiger charge is -2.39. The number of nitrogens with zero attached hydrogens (tertiary/aromatic N) is 8. The van der Waals surface area contributed by atoms with Crippen LogP contribution in [0.2, 0.25) is 0 Å². The molecular weight excluding hydrogens is 785 g/mol. The summed E-state index contributed by atoms with van der Waals surface area (Å²) in [6.07, 6.45) is 2.32. The van der Waals surface area contributed by atoms with Gasteiger partial charge in [-0.25, -0.2) is 9.99 Å². The van der Waals surface area contributed by atoms with E-state index in [9.17, 15) is 37.5 Å². The molecule has 316 valence electrons. The molecule has 2 atom stereocenters. The van der Waals surface area contributed by atoms with Crippen molar-refractivity contribution in [2.24, 2.45) is 0 Å². The molecule has 0 saturated carbocycles. The quantitative estimate of drug-likeness (QED) is 0.265. The van der Waals surface area contributed by atoms with Crippen molar-refractivity contribution in [2.75, 3.05) is 80.0 Å². The molecule has 3 N–H and O–H groups in total. The van der Waals surface area contributed by atoms with E-state index in [-0.39, 0.29) is 53.4 Å². The summed E-state index contributed by atoms with van der Waals surface area (Å²) in [7, 11) is 2.72. The highest BCUT2D eigenvalue weighted by Crippen LogP contribution is 2.38. The zero-order chi connectivity index (χ0) is 42.6. The molecule has 3 saturated heterocycles. The summed E-state index contributed by atoms with van der Waals surface area (Å²) in [5, 5.41) is 7.17. The topological polar surface area (TPSA) is 193 Å². The third kappa shape index (κ3) is 7.44. The Morgan fingerprint density at radius 3 is 2.43 bits per heavy atom. The Hall–Kier alpha value is -6.28. The van der Waals surface area contributed by atoms with E-state index in [2.05, 4.69) is 35.8 Å². The van der Waals surface area contributed by atoms with Crippen molar-refractivity contribution < 1.29 is 42.3 Å². The fraction of sp³-hybridized carbons (Fsp3) is 0.450. The van der Waals surface area contributed by atoms with Gasteiger partial charge in [-0.2, -0.15) is 13.8 Å². The van der Waals surface area contributed by atoms with Crippen LogP contribution in [-0.2, 0) is 14.4 Å². The first kappa shape index (κ1) is 40.5. The minimum absolute atomic E-state index is 0.0568. The lowest BCUT2D eigenvalue weighted by molar-refractivity contribution is -0.140. The highest BCUT2D eigenvalue weighted by Gasteiger charge is 2.48. The Balaban J connectivity index is 0.858. The maximum Gasteiger partial charge on any atom is 0.342 e. The number of fused-ring (bicyclic) bond motifs is 2. The van der Waals surface area contributed by atoms with Crippen LogP contribution in [-0.4, -0.2) is 144 Å². The number of methoxy groups -OCH3 is 1. The zero-order valence-corrected chi connectivity index (χ0v) is 33.5. The van der Waals surface area contributed by atoms with E-state index in [0.717, 1.165) is 35.0 Å². The number of hydrogen-bond donors (Lipinski definition) is 3. The van der Waals surface area contributed by atoms with E-state index < -0.39 is 54.1 Å². The summed E-state index contributed by atoms with van der Waals surface area (Å²) in [5.41, 5.74) is 5.23. The van der Waals surface area contributed by atoms with Gasteiger partial charge in [-0.05, 0) is 63.1 Å². The maximum atomic E-state index is 14.8. The molecule has 6 heterocycles. The van der Waals surface area contributed by atoms with E-state index in [1.807, 2.05) is 11.1 Å². The third-order valence-corrected chi connectivity index (χ3v) is 11.7. The number of hydrazine groups is 1. The molecule has 0 bridgehead atoms. The van der Waals surface area contributed by atoms with Crippen LogP contribution in [0.15, 0.2) is 42.6 Å². The number of benzene rings is 2. The van der Waals surface area contributed by atoms with E-state index >= 15 is 0 Å². The first-order valence-electron chi connectivity index (χ1n) is 19.8. The van der Waals surface area contributed by atoms with Gasteiger partial charge in [-0.15, -0.1) is 0 Å². The Morgan fingerprint density at radius 2 is 1.72 bits per heavy atom. The molecule has 6 amide bonds. The Morgan fingerprint density at radius 1 is 0.967 bits per heavy atom. The Bertz CT molecular complexity index is 2290. The average molecular weight is 830 g/mol. The molecule has 2 unspecified atom stereocenters. The molecule has 5 aliphatic heterocycles. The number of amides is 6. The summed E-state index contributed by atoms with van der Waals surface area (Å²) in [4.78, 5) is 93.0. The minimum Gasteiger partial charge on any atom is -0.495 e. The first-order valence-corrected chi connectivity index (χ1v) is 19.8. The van der Waals surface area contributed by atoms with Gasteiger partial charge in [0.1, 0.15) is 17.5 Å². The van der Waals surface area contributed by atoms with Gasteiger partial charge in [0.25, 0.3) is 23.6 Å². The number of nitrogens with one attached hydrogen (secondary N) is 3. The number of hydrogen-bond acceptors (Lipinski definition) is 14. The number of carbonyl (C=O) groups is 6. The molecule has 8 rings (SSSR count). The fourth-order valence-electron chi connectivity index (χ4n) is 8.42. The molecule has 0 aliphatic carbocycles. The van der Waals surface area contributed by atoms with Crippen LogP contribution in [0.5, 0.6) is 5.75 Å². The van der Waals surface area contributed by atoms with Gasteiger partial charge in [0.05, 0.1) is 36.7 Å². The van der Waals surface area contributed by atoms with Gasteiger partial charge in [-0.1, -0.05) is 0 Å². The highest BCUT2D eigenvalue weighted by molar-refractivity contribution is 6.23. The van der Waals surface area contributed by atoms with Gasteiger partial charge in [-0.3, -0.25) is 49.3 Å². The summed E-state index contributed by atoms with van der Waals surface area (Å²) in [5.74, 6) is -6.84. The highest BCUT2D eigenvalue weighted by atomic mass is 19.3. The molecule has 18 nitrogen and oxygen atoms in total. The van der Waals surface area contributed by atoms with Gasteiger partial charge in [0.2, 0.25) is 17.8 Å². The van der Waals surface area contributed by atoms with E-state index in [1.165, 1.54) is 25.3 Å². The molecule has 3 fully saturated rings. The number of ether oxygens (including phenoxy) is 1. The number of imide groups is 2. The average Bonchev–Trinajstić information content (AvgIpc) is 3.78. The predicted octanol–water partition coefficient (Wildman–Crippen LogP) is 2.00. The van der Waals surface area contributed by atoms with Crippen molar-refractivity contribution in [1.82, 2.24) is 35.5 Å². The number of anilines is 5. The summed E-state index contributed by atoms with van der Waals surface area (Å²) in [6.45, 7) is 6.75. The van der Waals surface area contributed by atoms with Crippen molar-refractivity contribution in [3.63, 3.8) is 0 Å². The largest absolute Gasteiger partial charge is 0.495 e. The zero-order valence-electron chi connectivity index (χ0n) is 33.5. The van der Waals surface area contributed by atoms with Crippen LogP contribution in [0.25, 0.3) is 0 Å². The van der Waals surface area contributed by atoms with Crippen molar-refractivity contribution in [1.29, 1.82) is 0 Å². The SMILES string of the molecule is COc1cc(C(=O)NN2CCC(N3CCN(c4ccc5c(c4)C(=O)N(C4CCC(=O)NC4=O)C5=O)CC3)C2)ccc1Nc1ncc2c(n1)N(C(C)C)CC(F)(F)C(=O)N2C. The molecular formula is C40H45F2N11O7. The van der Waals surface area contributed by atoms with Crippen LogP contribution in [0.1, 0.15) is 64.2 Å². The standard InChI is InChI=1S/C40H45F2N11O7/c1-22(2)52-21-40(41,42)38(59)48(3)30-19-43-39(46-33(30)52)44-28-8-5-23(17-31(28)60-4)34(55)47-51-12-11-25(20-51)50-15-13-49(14-16-50)24-6-7-26-27(18-24)37(58)53(36(26)57)29-9-10-32(54)45-35(29)56/h5-8,17-19,22,25,29H,9-16,20-21H2,1-4H3,(H,47,55)(H,43,44,46)(H,45,54,56). The second kappa shape index (κ2) is 15.7. The summed E-state index contributed by atoms with van der Waals surface area (Å²) < 4.78 is 35.1. The maximum absolute atomic E-state index is 14.8. The van der Waals surface area contributed by atoms with Crippen molar-refractivity contribution in [2.45, 2.75) is 57.2 Å². The fourth-order valence-corrected chi connectivity index (χ4v) is 8.42. The molecule has 2 aromatic carbocycles. The number of piperazine rings is 1. The number of carbonyl (C=O) groups excluding carboxylic acids is 6. The number of rotatable bonds is 9. The second-order valence-electron chi connectivity index (χ2n) is 15.8. The monoisotopic (exact) mass is 829 g/mol. The van der Waals surface area contributed by atoms with Crippen LogP contribution < -0.4 is 35.5 Å². The molecule has 60 heavy (non-hydrogen) atoms. The van der Waals surface area contributed by atoms with Gasteiger partial charge >= 0.3 is 5.92 Å². The molecule has 0 radical (unpaired) electrons. The van der Waals surface area contributed by atoms with Gasteiger partial charge < -0.3 is 24.8 Å². The van der Waals surface area contributed by atoms with Crippen molar-refractivity contribution in [3.8, 4) is 5.75 Å². The van der Waals surface area contributed by atoms with Crippen LogP contribution >= 0.6 is 0 Å². The van der Waals surface area contributed by atoms with Gasteiger partial charge in [0, 0.05) is 76.1 Å². The molecule has 1 aromatic heterocycles. The molecule has 5 aliphatic rings. The Labute approximate surface area is 343 Å². The van der Waals surface area contributed by atoms with Crippen molar-refractivity contribution in [3.05, 3.63) is 59.3 Å². The molecule has 0 spiro atoms. The normalized spacial score (nSPS) is 22.2. The van der Waals surface area contributed by atoms with Gasteiger partial charge in [0.15, 0.2) is 5.82 Å². The molecule has 20 heteroatoms. The van der Waals surface area contributed by atoms with E-state index in [4.69, 9.17) is 4.74 Å². The summed E-state index contributed by atoms with van der Waals surface area (Å²) >= 11 is 0. The second-order valence-corrected chi connectivity index (χ2v) is 15.8. The minimum atomic E-state index is -3.62. The van der Waals surface area contributed by atoms with Crippen molar-refractivity contribution >= 4 is 64.3 Å². The van der Waals surface area contributed by atoms with E-state index in [1.54, 1.807) is 44.2 Å². The summed E-state index contributed by atoms with van der Waals surface area (Å²) in [6, 6.07) is 8.78. The lowest BCUT2D eigenvalue weighted by atomic mass is 10.0. The predicted molar refractivity (Wildman–Crippen MR) is 213 cm³/mol. The van der Waals surface area contributed by atoms with E-state index in [0.29, 0.717) is 43.2 Å². The van der Waals surface area contributed by atoms with Crippen LogP contribution in [0.3, 0.4) is 0 Å². The lowest BCUT2D eigenvalue weighted by Crippen LogP contribution is -2.54. The first-order chi connectivity index (χ1) is 28.6. The van der Waals surface area contributed by atoms with Crippen LogP contribution in [0, 0.1) is 0 Å². The number of alkyl halides is 2. The number of halogens is 2. The third-order valence-electron chi connectivity index (χ3n) is 11.7. The molecule has 3 aromatic rings. The Kier molecular flexibility index (Phi) is 10.6. The number of piperidine rings is 1. The number of aromatic nitrogens is 2. The smallest absolute Gasteiger partial charge is 0.342 e.